The van der Waals surface area contributed by atoms with Crippen molar-refractivity contribution in [3.8, 4) is 11.3 Å². The fraction of sp³-hybridized carbons (Fsp3) is 0.231. The summed E-state index contributed by atoms with van der Waals surface area (Å²) in [6.07, 6.45) is 0. The number of hydrogen-bond donors (Lipinski definition) is 0. The summed E-state index contributed by atoms with van der Waals surface area (Å²) >= 11 is 1.39. The van der Waals surface area contributed by atoms with Crippen LogP contribution >= 0.6 is 11.8 Å². The van der Waals surface area contributed by atoms with Crippen molar-refractivity contribution in [1.82, 2.24) is 0 Å². The van der Waals surface area contributed by atoms with E-state index in [0.29, 0.717) is 0 Å². The van der Waals surface area contributed by atoms with Crippen molar-refractivity contribution in [3.05, 3.63) is 36.4 Å². The average Bonchev–Trinajstić information content (AvgIpc) is 2.78. The lowest BCUT2D eigenvalue weighted by atomic mass is 10.2. The summed E-state index contributed by atoms with van der Waals surface area (Å²) < 4.78 is 11.9. The second-order valence-electron chi connectivity index (χ2n) is 3.67. The Labute approximate surface area is 110 Å². The molecule has 5 heteroatoms. The van der Waals surface area contributed by atoms with Crippen molar-refractivity contribution in [2.24, 2.45) is 7.05 Å². The molecule has 1 aromatic carbocycles. The van der Waals surface area contributed by atoms with Gasteiger partial charge in [-0.1, -0.05) is 30.3 Å². The third kappa shape index (κ3) is 2.92. The fourth-order valence-electron chi connectivity index (χ4n) is 1.48. The van der Waals surface area contributed by atoms with Gasteiger partial charge in [-0.05, 0) is 16.5 Å². The van der Waals surface area contributed by atoms with E-state index >= 15 is 0 Å². The zero-order chi connectivity index (χ0) is 13.0. The van der Waals surface area contributed by atoms with E-state index in [-0.39, 0.29) is 11.7 Å². The van der Waals surface area contributed by atoms with Gasteiger partial charge in [0.05, 0.1) is 13.2 Å². The highest BCUT2D eigenvalue weighted by molar-refractivity contribution is 7.99. The Hall–Kier alpha value is -1.75. The number of hydrogen-bond acceptors (Lipinski definition) is 4. The molecule has 4 nitrogen and oxygen atoms in total. The first-order valence-corrected chi connectivity index (χ1v) is 6.44. The van der Waals surface area contributed by atoms with E-state index in [2.05, 4.69) is 4.74 Å². The number of nitrogens with zero attached hydrogens (tertiary/aromatic N) is 1. The van der Waals surface area contributed by atoms with Crippen molar-refractivity contribution in [2.75, 3.05) is 12.9 Å². The smallest absolute Gasteiger partial charge is 0.316 e. The van der Waals surface area contributed by atoms with Gasteiger partial charge in [-0.25, -0.2) is 4.52 Å². The second kappa shape index (κ2) is 5.73. The van der Waals surface area contributed by atoms with Crippen LogP contribution in [0.15, 0.2) is 45.9 Å². The van der Waals surface area contributed by atoms with Crippen molar-refractivity contribution >= 4 is 17.7 Å². The summed E-state index contributed by atoms with van der Waals surface area (Å²) in [7, 11) is 3.19. The molecule has 18 heavy (non-hydrogen) atoms. The molecule has 0 spiro atoms. The zero-order valence-corrected chi connectivity index (χ0v) is 11.1. The quantitative estimate of drug-likeness (QED) is 0.481. The number of ether oxygens (including phenoxy) is 1. The summed E-state index contributed by atoms with van der Waals surface area (Å²) in [4.78, 5) is 11.1. The maximum absolute atomic E-state index is 11.1. The topological polar surface area (TPSA) is 43.3 Å². The lowest BCUT2D eigenvalue weighted by Gasteiger charge is -1.93. The molecular weight excluding hydrogens is 250 g/mol. The molecule has 0 aliphatic carbocycles. The van der Waals surface area contributed by atoms with Crippen LogP contribution in [0.1, 0.15) is 0 Å². The van der Waals surface area contributed by atoms with E-state index < -0.39 is 0 Å². The van der Waals surface area contributed by atoms with E-state index in [1.807, 2.05) is 43.4 Å². The maximum atomic E-state index is 11.1. The molecule has 0 saturated heterocycles. The molecule has 0 aliphatic rings. The Morgan fingerprint density at radius 2 is 2.11 bits per heavy atom. The van der Waals surface area contributed by atoms with Gasteiger partial charge in [0.25, 0.3) is 5.03 Å². The third-order valence-corrected chi connectivity index (χ3v) is 3.47. The molecule has 2 aromatic rings. The van der Waals surface area contributed by atoms with Crippen LogP contribution in [0.4, 0.5) is 0 Å². The second-order valence-corrected chi connectivity index (χ2v) is 4.66. The molecule has 0 aliphatic heterocycles. The average molecular weight is 264 g/mol. The molecule has 0 amide bonds. The van der Waals surface area contributed by atoms with Crippen LogP contribution in [0.2, 0.25) is 0 Å². The molecule has 1 aromatic heterocycles. The van der Waals surface area contributed by atoms with Crippen LogP contribution in [0, 0.1) is 0 Å². The highest BCUT2D eigenvalue weighted by Gasteiger charge is 2.18. The molecule has 2 rings (SSSR count). The minimum atomic E-state index is -0.248. The third-order valence-electron chi connectivity index (χ3n) is 2.42. The van der Waals surface area contributed by atoms with E-state index in [1.54, 1.807) is 4.74 Å². The molecule has 0 unspecified atom stereocenters. The first-order valence-electron chi connectivity index (χ1n) is 5.46. The van der Waals surface area contributed by atoms with Crippen LogP contribution in [0.25, 0.3) is 11.3 Å². The van der Waals surface area contributed by atoms with Gasteiger partial charge < -0.3 is 4.74 Å². The number of aromatic nitrogens is 1. The van der Waals surface area contributed by atoms with E-state index in [9.17, 15) is 4.79 Å². The van der Waals surface area contributed by atoms with Crippen LogP contribution in [0.3, 0.4) is 0 Å². The monoisotopic (exact) mass is 264 g/mol. The maximum Gasteiger partial charge on any atom is 0.316 e. The van der Waals surface area contributed by atoms with E-state index in [1.165, 1.54) is 18.9 Å². The molecule has 0 atom stereocenters. The zero-order valence-electron chi connectivity index (χ0n) is 10.3. The van der Waals surface area contributed by atoms with Crippen LogP contribution in [-0.2, 0) is 16.6 Å². The lowest BCUT2D eigenvalue weighted by Crippen LogP contribution is -2.27. The molecule has 0 N–H and O–H groups in total. The summed E-state index contributed by atoms with van der Waals surface area (Å²) in [5.41, 5.74) is 1.01. The Morgan fingerprint density at radius 1 is 1.39 bits per heavy atom. The number of carbonyl (C=O) groups excluding carboxylic acids is 1. The van der Waals surface area contributed by atoms with Gasteiger partial charge in [-0.2, -0.15) is 0 Å². The van der Waals surface area contributed by atoms with Crippen molar-refractivity contribution < 1.29 is 18.8 Å². The number of rotatable bonds is 4. The SMILES string of the molecule is COC(=O)CSc1cc(-c2ccccc2)o[n+]1C. The number of methoxy groups -OCH3 is 1. The van der Waals surface area contributed by atoms with Gasteiger partial charge in [-0.3, -0.25) is 4.79 Å². The van der Waals surface area contributed by atoms with E-state index in [0.717, 1.165) is 16.3 Å². The van der Waals surface area contributed by atoms with Gasteiger partial charge in [0.15, 0.2) is 7.05 Å². The van der Waals surface area contributed by atoms with Crippen molar-refractivity contribution in [2.45, 2.75) is 5.03 Å². The first kappa shape index (κ1) is 12.7. The van der Waals surface area contributed by atoms with Gasteiger partial charge >= 0.3 is 5.97 Å². The summed E-state index contributed by atoms with van der Waals surface area (Å²) in [5.74, 6) is 0.811. The summed E-state index contributed by atoms with van der Waals surface area (Å²) in [6.45, 7) is 0. The summed E-state index contributed by atoms with van der Waals surface area (Å²) in [5, 5.41) is 0.888. The molecular formula is C13H14NO3S+. The van der Waals surface area contributed by atoms with Gasteiger partial charge in [-0.15, -0.1) is 0 Å². The highest BCUT2D eigenvalue weighted by Crippen LogP contribution is 2.23. The number of benzene rings is 1. The Balaban J connectivity index is 2.15. The van der Waals surface area contributed by atoms with Crippen molar-refractivity contribution in [3.63, 3.8) is 0 Å². The predicted molar refractivity (Wildman–Crippen MR) is 68.1 cm³/mol. The van der Waals surface area contributed by atoms with Gasteiger partial charge in [0.1, 0.15) is 5.75 Å². The lowest BCUT2D eigenvalue weighted by molar-refractivity contribution is -0.872. The number of carbonyl (C=O) groups is 1. The standard InChI is InChI=1S/C13H14NO3S/c1-14-12(18-9-13(15)16-2)8-11(17-14)10-6-4-3-5-7-10/h3-8H,9H2,1-2H3/q+1. The molecule has 94 valence electrons. The Morgan fingerprint density at radius 3 is 2.78 bits per heavy atom. The number of aryl methyl sites for hydroxylation is 1. The molecule has 1 heterocycles. The van der Waals surface area contributed by atoms with Crippen LogP contribution < -0.4 is 4.74 Å². The normalized spacial score (nSPS) is 10.3. The Bertz CT molecular complexity index is 536. The molecule has 0 radical (unpaired) electrons. The minimum absolute atomic E-state index is 0.248. The first-order chi connectivity index (χ1) is 8.70. The molecule has 0 saturated carbocycles. The molecule has 0 fully saturated rings. The van der Waals surface area contributed by atoms with Crippen molar-refractivity contribution in [1.29, 1.82) is 0 Å². The highest BCUT2D eigenvalue weighted by atomic mass is 32.2. The molecule has 0 bridgehead atoms. The van der Waals surface area contributed by atoms with Gasteiger partial charge in [0.2, 0.25) is 5.76 Å². The van der Waals surface area contributed by atoms with Crippen LogP contribution in [0.5, 0.6) is 0 Å². The summed E-state index contributed by atoms with van der Waals surface area (Å²) in [6, 6.07) is 11.8. The predicted octanol–water partition coefficient (Wildman–Crippen LogP) is 2.04. The fourth-order valence-corrected chi connectivity index (χ4v) is 2.28. The van der Waals surface area contributed by atoms with Crippen LogP contribution in [-0.4, -0.2) is 18.8 Å². The van der Waals surface area contributed by atoms with E-state index in [4.69, 9.17) is 4.52 Å². The largest absolute Gasteiger partial charge is 0.468 e. The Kier molecular flexibility index (Phi) is 4.04. The number of thioether (sulfide) groups is 1. The minimum Gasteiger partial charge on any atom is -0.468 e. The number of esters is 1. The van der Waals surface area contributed by atoms with Gasteiger partial charge in [0, 0.05) is 5.56 Å².